The lowest BCUT2D eigenvalue weighted by Crippen LogP contribution is -2.20. The number of rotatable bonds is 5. The van der Waals surface area contributed by atoms with Gasteiger partial charge in [0.2, 0.25) is 11.8 Å². The van der Waals surface area contributed by atoms with Gasteiger partial charge in [0.25, 0.3) is 0 Å². The van der Waals surface area contributed by atoms with Crippen molar-refractivity contribution in [3.63, 3.8) is 0 Å². The predicted octanol–water partition coefficient (Wildman–Crippen LogP) is 4.54. The standard InChI is InChI=1S/C20H23N3O3S/c24-14(18-21-8-9-25-18)10-12-6-7-15-16(12)17-19(22-11-23-20(17)27-15)26-13-4-2-1-3-5-13/h8-9,11-14,24H,1-7,10H2. The molecule has 7 heteroatoms. The van der Waals surface area contributed by atoms with E-state index in [4.69, 9.17) is 9.15 Å². The van der Waals surface area contributed by atoms with Gasteiger partial charge in [-0.2, -0.15) is 0 Å². The Labute approximate surface area is 161 Å². The summed E-state index contributed by atoms with van der Waals surface area (Å²) in [4.78, 5) is 15.4. The third-order valence-corrected chi connectivity index (χ3v) is 6.94. The highest BCUT2D eigenvalue weighted by atomic mass is 32.1. The van der Waals surface area contributed by atoms with E-state index < -0.39 is 6.10 Å². The van der Waals surface area contributed by atoms with E-state index in [9.17, 15) is 5.11 Å². The zero-order chi connectivity index (χ0) is 18.2. The first-order valence-corrected chi connectivity index (χ1v) is 10.6. The molecule has 27 heavy (non-hydrogen) atoms. The Hall–Kier alpha value is -1.99. The number of aromatic nitrogens is 3. The van der Waals surface area contributed by atoms with Crippen LogP contribution in [-0.4, -0.2) is 26.2 Å². The number of oxazole rings is 1. The van der Waals surface area contributed by atoms with Gasteiger partial charge in [0.15, 0.2) is 0 Å². The molecule has 0 spiro atoms. The summed E-state index contributed by atoms with van der Waals surface area (Å²) in [6.07, 6.45) is 12.8. The number of hydrogen-bond donors (Lipinski definition) is 1. The molecule has 0 radical (unpaired) electrons. The molecule has 2 aliphatic rings. The van der Waals surface area contributed by atoms with Crippen molar-refractivity contribution in [1.82, 2.24) is 15.0 Å². The first-order valence-electron chi connectivity index (χ1n) is 9.80. The SMILES string of the molecule is OC(CC1CCc2sc3ncnc(OC4CCCCC4)c3c21)c1ncco1. The van der Waals surface area contributed by atoms with Gasteiger partial charge in [0.1, 0.15) is 29.6 Å². The number of ether oxygens (including phenoxy) is 1. The first-order chi connectivity index (χ1) is 13.3. The molecule has 0 aliphatic heterocycles. The average Bonchev–Trinajstić information content (AvgIpc) is 3.40. The quantitative estimate of drug-likeness (QED) is 0.694. The number of aliphatic hydroxyl groups excluding tert-OH is 1. The average molecular weight is 385 g/mol. The first kappa shape index (κ1) is 17.1. The van der Waals surface area contributed by atoms with Gasteiger partial charge in [-0.3, -0.25) is 0 Å². The molecule has 1 fully saturated rings. The van der Waals surface area contributed by atoms with Crippen LogP contribution in [0.2, 0.25) is 0 Å². The van der Waals surface area contributed by atoms with Crippen LogP contribution >= 0.6 is 11.3 Å². The van der Waals surface area contributed by atoms with Crippen LogP contribution in [0, 0.1) is 0 Å². The van der Waals surface area contributed by atoms with Crippen LogP contribution in [0.4, 0.5) is 0 Å². The molecule has 142 valence electrons. The van der Waals surface area contributed by atoms with Gasteiger partial charge in [-0.05, 0) is 56.4 Å². The van der Waals surface area contributed by atoms with Crippen LogP contribution in [0.25, 0.3) is 10.2 Å². The third-order valence-electron chi connectivity index (χ3n) is 5.77. The van der Waals surface area contributed by atoms with Crippen molar-refractivity contribution in [2.45, 2.75) is 69.5 Å². The molecular formula is C20H23N3O3S. The molecule has 1 saturated carbocycles. The van der Waals surface area contributed by atoms with Crippen LogP contribution in [-0.2, 0) is 6.42 Å². The van der Waals surface area contributed by atoms with Crippen molar-refractivity contribution >= 4 is 21.6 Å². The largest absolute Gasteiger partial charge is 0.474 e. The van der Waals surface area contributed by atoms with Gasteiger partial charge >= 0.3 is 0 Å². The summed E-state index contributed by atoms with van der Waals surface area (Å²) in [5, 5.41) is 11.6. The minimum Gasteiger partial charge on any atom is -0.474 e. The van der Waals surface area contributed by atoms with Crippen LogP contribution in [0.5, 0.6) is 5.88 Å². The Balaban J connectivity index is 1.46. The van der Waals surface area contributed by atoms with Crippen LogP contribution in [0.3, 0.4) is 0 Å². The molecule has 2 aliphatic carbocycles. The number of nitrogens with zero attached hydrogens (tertiary/aromatic N) is 3. The van der Waals surface area contributed by atoms with E-state index in [1.165, 1.54) is 36.0 Å². The minimum atomic E-state index is -0.696. The number of fused-ring (bicyclic) bond motifs is 3. The van der Waals surface area contributed by atoms with Crippen molar-refractivity contribution in [3.05, 3.63) is 35.1 Å². The fourth-order valence-corrected chi connectivity index (χ4v) is 5.71. The van der Waals surface area contributed by atoms with E-state index in [2.05, 4.69) is 15.0 Å². The van der Waals surface area contributed by atoms with Gasteiger partial charge < -0.3 is 14.3 Å². The fourth-order valence-electron chi connectivity index (χ4n) is 4.48. The van der Waals surface area contributed by atoms with E-state index in [1.54, 1.807) is 23.9 Å². The molecule has 0 saturated heterocycles. The van der Waals surface area contributed by atoms with Gasteiger partial charge in [-0.15, -0.1) is 11.3 Å². The van der Waals surface area contributed by atoms with Crippen LogP contribution < -0.4 is 4.74 Å². The molecule has 3 heterocycles. The van der Waals surface area contributed by atoms with E-state index in [0.29, 0.717) is 12.3 Å². The highest BCUT2D eigenvalue weighted by Crippen LogP contribution is 2.48. The topological polar surface area (TPSA) is 81.3 Å². The van der Waals surface area contributed by atoms with Crippen LogP contribution in [0.1, 0.15) is 73.3 Å². The number of thiophene rings is 1. The lowest BCUT2D eigenvalue weighted by atomic mass is 9.94. The molecular weight excluding hydrogens is 362 g/mol. The maximum Gasteiger partial charge on any atom is 0.225 e. The highest BCUT2D eigenvalue weighted by Gasteiger charge is 2.33. The highest BCUT2D eigenvalue weighted by molar-refractivity contribution is 7.19. The molecule has 5 rings (SSSR count). The summed E-state index contributed by atoms with van der Waals surface area (Å²) in [5.41, 5.74) is 1.27. The number of hydrogen-bond acceptors (Lipinski definition) is 7. The van der Waals surface area contributed by atoms with E-state index in [1.807, 2.05) is 0 Å². The minimum absolute atomic E-state index is 0.246. The Morgan fingerprint density at radius 2 is 2.07 bits per heavy atom. The number of aryl methyl sites for hydroxylation is 1. The van der Waals surface area contributed by atoms with Gasteiger partial charge in [-0.25, -0.2) is 15.0 Å². The fraction of sp³-hybridized carbons (Fsp3) is 0.550. The maximum atomic E-state index is 10.5. The molecule has 0 aromatic carbocycles. The second-order valence-electron chi connectivity index (χ2n) is 7.53. The van der Waals surface area contributed by atoms with Crippen LogP contribution in [0.15, 0.2) is 23.2 Å². The number of aliphatic hydroxyl groups is 1. The van der Waals surface area contributed by atoms with Crippen molar-refractivity contribution in [2.24, 2.45) is 0 Å². The zero-order valence-electron chi connectivity index (χ0n) is 15.1. The summed E-state index contributed by atoms with van der Waals surface area (Å²) in [6.45, 7) is 0. The van der Waals surface area contributed by atoms with Crippen molar-refractivity contribution in [3.8, 4) is 5.88 Å². The van der Waals surface area contributed by atoms with E-state index in [-0.39, 0.29) is 12.0 Å². The van der Waals surface area contributed by atoms with Crippen molar-refractivity contribution < 1.29 is 14.3 Å². The summed E-state index contributed by atoms with van der Waals surface area (Å²) in [6, 6.07) is 0. The summed E-state index contributed by atoms with van der Waals surface area (Å²) >= 11 is 1.74. The normalized spacial score (nSPS) is 21.4. The van der Waals surface area contributed by atoms with E-state index in [0.717, 1.165) is 41.8 Å². The van der Waals surface area contributed by atoms with Crippen molar-refractivity contribution in [1.29, 1.82) is 0 Å². The predicted molar refractivity (Wildman–Crippen MR) is 102 cm³/mol. The molecule has 2 unspecified atom stereocenters. The second-order valence-corrected chi connectivity index (χ2v) is 8.62. The molecule has 1 N–H and O–H groups in total. The third kappa shape index (κ3) is 3.23. The second kappa shape index (κ2) is 7.20. The molecule has 6 nitrogen and oxygen atoms in total. The molecule has 0 amide bonds. The van der Waals surface area contributed by atoms with Gasteiger partial charge in [0.05, 0.1) is 11.6 Å². The Morgan fingerprint density at radius 3 is 2.89 bits per heavy atom. The van der Waals surface area contributed by atoms with Crippen molar-refractivity contribution in [2.75, 3.05) is 0 Å². The molecule has 3 aromatic rings. The smallest absolute Gasteiger partial charge is 0.225 e. The van der Waals surface area contributed by atoms with Gasteiger partial charge in [0, 0.05) is 4.88 Å². The Kier molecular flexibility index (Phi) is 4.57. The lowest BCUT2D eigenvalue weighted by Gasteiger charge is -2.23. The summed E-state index contributed by atoms with van der Waals surface area (Å²) < 4.78 is 11.6. The molecule has 2 atom stereocenters. The Morgan fingerprint density at radius 1 is 1.19 bits per heavy atom. The molecule has 0 bridgehead atoms. The molecule has 3 aromatic heterocycles. The summed E-state index contributed by atoms with van der Waals surface area (Å²) in [7, 11) is 0. The summed E-state index contributed by atoms with van der Waals surface area (Å²) in [5.74, 6) is 1.36. The zero-order valence-corrected chi connectivity index (χ0v) is 16.0. The monoisotopic (exact) mass is 385 g/mol. The lowest BCUT2D eigenvalue weighted by molar-refractivity contribution is 0.125. The van der Waals surface area contributed by atoms with E-state index >= 15 is 0 Å². The Bertz CT molecular complexity index is 918. The maximum absolute atomic E-state index is 10.5. The van der Waals surface area contributed by atoms with Gasteiger partial charge in [-0.1, -0.05) is 6.42 Å².